The molecular formula is C10H20O3. The van der Waals surface area contributed by atoms with Crippen molar-refractivity contribution in [3.05, 3.63) is 0 Å². The summed E-state index contributed by atoms with van der Waals surface area (Å²) in [5, 5.41) is 8.85. The smallest absolute Gasteiger partial charge is 0.163 e. The van der Waals surface area contributed by atoms with Crippen LogP contribution in [0, 0.1) is 5.92 Å². The Morgan fingerprint density at radius 1 is 1.38 bits per heavy atom. The summed E-state index contributed by atoms with van der Waals surface area (Å²) in [6, 6.07) is 0. The Morgan fingerprint density at radius 2 is 2.00 bits per heavy atom. The van der Waals surface area contributed by atoms with Gasteiger partial charge in [0, 0.05) is 6.61 Å². The Labute approximate surface area is 80.0 Å². The summed E-state index contributed by atoms with van der Waals surface area (Å²) < 4.78 is 11.3. The highest BCUT2D eigenvalue weighted by Gasteiger charge is 2.44. The molecule has 0 aromatic heterocycles. The van der Waals surface area contributed by atoms with Crippen molar-refractivity contribution in [3.63, 3.8) is 0 Å². The average Bonchev–Trinajstić information content (AvgIpc) is 2.28. The second-order valence-corrected chi connectivity index (χ2v) is 4.52. The number of aliphatic hydroxyl groups excluding tert-OH is 1. The Kier molecular flexibility index (Phi) is 3.00. The highest BCUT2D eigenvalue weighted by atomic mass is 16.8. The Morgan fingerprint density at radius 3 is 2.38 bits per heavy atom. The Balaban J connectivity index is 2.58. The summed E-state index contributed by atoms with van der Waals surface area (Å²) in [4.78, 5) is 0. The second-order valence-electron chi connectivity index (χ2n) is 4.52. The average molecular weight is 188 g/mol. The van der Waals surface area contributed by atoms with Gasteiger partial charge in [-0.2, -0.15) is 0 Å². The molecule has 0 bridgehead atoms. The summed E-state index contributed by atoms with van der Waals surface area (Å²) in [5.74, 6) is -0.155. The van der Waals surface area contributed by atoms with Gasteiger partial charge in [0.15, 0.2) is 5.79 Å². The van der Waals surface area contributed by atoms with Crippen LogP contribution in [-0.2, 0) is 9.47 Å². The van der Waals surface area contributed by atoms with Gasteiger partial charge >= 0.3 is 0 Å². The van der Waals surface area contributed by atoms with E-state index in [0.29, 0.717) is 12.5 Å². The molecule has 2 atom stereocenters. The molecule has 1 saturated heterocycles. The van der Waals surface area contributed by atoms with Gasteiger partial charge in [0.25, 0.3) is 0 Å². The minimum Gasteiger partial charge on any atom is -0.396 e. The third-order valence-electron chi connectivity index (χ3n) is 2.79. The van der Waals surface area contributed by atoms with Crippen molar-refractivity contribution in [2.75, 3.05) is 13.2 Å². The summed E-state index contributed by atoms with van der Waals surface area (Å²) in [7, 11) is 0. The molecular weight excluding hydrogens is 168 g/mol. The fraction of sp³-hybridized carbons (Fsp3) is 1.00. The van der Waals surface area contributed by atoms with Crippen LogP contribution in [0.4, 0.5) is 0 Å². The molecule has 0 aromatic carbocycles. The van der Waals surface area contributed by atoms with E-state index in [2.05, 4.69) is 6.92 Å². The van der Waals surface area contributed by atoms with Crippen LogP contribution >= 0.6 is 0 Å². The lowest BCUT2D eigenvalue weighted by atomic mass is 9.89. The molecule has 13 heavy (non-hydrogen) atoms. The maximum absolute atomic E-state index is 8.85. The summed E-state index contributed by atoms with van der Waals surface area (Å²) >= 11 is 0. The summed E-state index contributed by atoms with van der Waals surface area (Å²) in [6.45, 7) is 8.79. The van der Waals surface area contributed by atoms with Crippen LogP contribution in [0.5, 0.6) is 0 Å². The summed E-state index contributed by atoms with van der Waals surface area (Å²) in [6.07, 6.45) is 0.760. The maximum Gasteiger partial charge on any atom is 0.163 e. The van der Waals surface area contributed by atoms with Gasteiger partial charge in [0.2, 0.25) is 0 Å². The molecule has 0 amide bonds. The van der Waals surface area contributed by atoms with Crippen molar-refractivity contribution < 1.29 is 14.6 Å². The molecule has 0 spiro atoms. The zero-order valence-electron chi connectivity index (χ0n) is 8.96. The fourth-order valence-electron chi connectivity index (χ4n) is 1.68. The van der Waals surface area contributed by atoms with Crippen LogP contribution in [0.3, 0.4) is 0 Å². The molecule has 1 aliphatic heterocycles. The first-order valence-corrected chi connectivity index (χ1v) is 4.85. The number of rotatable bonds is 3. The van der Waals surface area contributed by atoms with Crippen LogP contribution in [0.15, 0.2) is 0 Å². The second kappa shape index (κ2) is 3.56. The Hall–Kier alpha value is -0.120. The van der Waals surface area contributed by atoms with Crippen LogP contribution in [-0.4, -0.2) is 29.7 Å². The predicted octanol–water partition coefficient (Wildman–Crippen LogP) is 1.55. The van der Waals surface area contributed by atoms with E-state index in [-0.39, 0.29) is 12.2 Å². The molecule has 1 heterocycles. The highest BCUT2D eigenvalue weighted by Crippen LogP contribution is 2.36. The molecule has 0 unspecified atom stereocenters. The normalized spacial score (nSPS) is 34.8. The van der Waals surface area contributed by atoms with Crippen molar-refractivity contribution in [2.45, 2.75) is 45.5 Å². The van der Waals surface area contributed by atoms with Crippen LogP contribution in [0.25, 0.3) is 0 Å². The topological polar surface area (TPSA) is 38.7 Å². The molecule has 1 rings (SSSR count). The van der Waals surface area contributed by atoms with Gasteiger partial charge in [0.1, 0.15) is 0 Å². The van der Waals surface area contributed by atoms with Gasteiger partial charge in [0.05, 0.1) is 12.2 Å². The van der Waals surface area contributed by atoms with Gasteiger partial charge in [-0.25, -0.2) is 0 Å². The zero-order valence-corrected chi connectivity index (χ0v) is 8.96. The zero-order chi connectivity index (χ0) is 10.1. The Bertz CT molecular complexity index is 179. The van der Waals surface area contributed by atoms with Gasteiger partial charge < -0.3 is 14.6 Å². The van der Waals surface area contributed by atoms with Gasteiger partial charge in [-0.05, 0) is 33.1 Å². The molecule has 1 N–H and O–H groups in total. The molecule has 0 saturated carbocycles. The first-order chi connectivity index (χ1) is 5.90. The fourth-order valence-corrected chi connectivity index (χ4v) is 1.68. The first kappa shape index (κ1) is 11.0. The van der Waals surface area contributed by atoms with Gasteiger partial charge in [-0.15, -0.1) is 0 Å². The molecule has 0 aromatic rings. The molecule has 3 nitrogen and oxygen atoms in total. The molecule has 0 aliphatic carbocycles. The van der Waals surface area contributed by atoms with Crippen LogP contribution < -0.4 is 0 Å². The van der Waals surface area contributed by atoms with Gasteiger partial charge in [-0.3, -0.25) is 0 Å². The molecule has 1 fully saturated rings. The number of hydrogen-bond donors (Lipinski definition) is 1. The molecule has 78 valence electrons. The highest BCUT2D eigenvalue weighted by molar-refractivity contribution is 4.87. The van der Waals surface area contributed by atoms with Gasteiger partial charge in [-0.1, -0.05) is 6.92 Å². The standard InChI is InChI=1S/C10H20O3/c1-8(5-6-11)10(4)7-12-9(2,3)13-10/h8,11H,5-7H2,1-4H3/t8-,10-/m0/s1. The first-order valence-electron chi connectivity index (χ1n) is 4.85. The van der Waals surface area contributed by atoms with Crippen molar-refractivity contribution in [2.24, 2.45) is 5.92 Å². The van der Waals surface area contributed by atoms with E-state index in [1.165, 1.54) is 0 Å². The lowest BCUT2D eigenvalue weighted by molar-refractivity contribution is -0.168. The quantitative estimate of drug-likeness (QED) is 0.730. The van der Waals surface area contributed by atoms with Crippen LogP contribution in [0.2, 0.25) is 0 Å². The maximum atomic E-state index is 8.85. The summed E-state index contributed by atoms with van der Waals surface area (Å²) in [5.41, 5.74) is -0.244. The van der Waals surface area contributed by atoms with E-state index in [1.54, 1.807) is 0 Å². The van der Waals surface area contributed by atoms with Crippen molar-refractivity contribution in [1.29, 1.82) is 0 Å². The van der Waals surface area contributed by atoms with E-state index >= 15 is 0 Å². The van der Waals surface area contributed by atoms with E-state index in [4.69, 9.17) is 14.6 Å². The van der Waals surface area contributed by atoms with E-state index in [0.717, 1.165) is 6.42 Å². The third kappa shape index (κ3) is 2.42. The van der Waals surface area contributed by atoms with Crippen molar-refractivity contribution in [1.82, 2.24) is 0 Å². The largest absolute Gasteiger partial charge is 0.396 e. The lowest BCUT2D eigenvalue weighted by Gasteiger charge is -2.30. The van der Waals surface area contributed by atoms with E-state index in [1.807, 2.05) is 20.8 Å². The molecule has 0 radical (unpaired) electrons. The van der Waals surface area contributed by atoms with Crippen molar-refractivity contribution in [3.8, 4) is 0 Å². The number of aliphatic hydroxyl groups is 1. The number of hydrogen-bond acceptors (Lipinski definition) is 3. The molecule has 3 heteroatoms. The number of ether oxygens (including phenoxy) is 2. The predicted molar refractivity (Wildman–Crippen MR) is 50.4 cm³/mol. The SMILES string of the molecule is C[C@@H](CCO)[C@]1(C)COC(C)(C)O1. The van der Waals surface area contributed by atoms with Crippen molar-refractivity contribution >= 4 is 0 Å². The van der Waals surface area contributed by atoms with E-state index < -0.39 is 5.79 Å². The lowest BCUT2D eigenvalue weighted by Crippen LogP contribution is -2.38. The van der Waals surface area contributed by atoms with Crippen LogP contribution in [0.1, 0.15) is 34.1 Å². The molecule has 1 aliphatic rings. The monoisotopic (exact) mass is 188 g/mol. The third-order valence-corrected chi connectivity index (χ3v) is 2.79. The minimum absolute atomic E-state index is 0.209. The van der Waals surface area contributed by atoms with E-state index in [9.17, 15) is 0 Å². The minimum atomic E-state index is -0.474.